The highest BCUT2D eigenvalue weighted by Crippen LogP contribution is 2.25. The average Bonchev–Trinajstić information content (AvgIpc) is 3.13. The number of amides is 2. The van der Waals surface area contributed by atoms with Crippen LogP contribution < -0.4 is 5.32 Å². The number of carbonyl (C=O) groups is 2. The minimum atomic E-state index is -0.372. The van der Waals surface area contributed by atoms with E-state index in [9.17, 15) is 9.59 Å². The third-order valence-corrected chi connectivity index (χ3v) is 4.33. The summed E-state index contributed by atoms with van der Waals surface area (Å²) in [6, 6.07) is 7.46. The van der Waals surface area contributed by atoms with E-state index in [0.29, 0.717) is 31.1 Å². The molecule has 1 fully saturated rings. The van der Waals surface area contributed by atoms with Crippen molar-refractivity contribution in [2.75, 3.05) is 18.5 Å². The standard InChI is InChI=1S/C18H21N3O4/c1-11(16-12(2)20-25-13(16)3)17(22)19-15-6-4-5-14(9-15)10-21-7-8-24-18(21)23/h4-6,9,11H,7-8,10H2,1-3H3,(H,19,22)/t11-/m0/s1. The largest absolute Gasteiger partial charge is 0.448 e. The van der Waals surface area contributed by atoms with Crippen LogP contribution in [-0.2, 0) is 16.1 Å². The van der Waals surface area contributed by atoms with Gasteiger partial charge in [-0.2, -0.15) is 0 Å². The number of hydrogen-bond acceptors (Lipinski definition) is 5. The van der Waals surface area contributed by atoms with Gasteiger partial charge in [-0.1, -0.05) is 17.3 Å². The van der Waals surface area contributed by atoms with Gasteiger partial charge in [0.15, 0.2) is 0 Å². The van der Waals surface area contributed by atoms with Gasteiger partial charge in [-0.05, 0) is 38.5 Å². The Balaban J connectivity index is 1.69. The molecule has 2 amide bonds. The minimum absolute atomic E-state index is 0.132. The lowest BCUT2D eigenvalue weighted by Gasteiger charge is -2.15. The fraction of sp³-hybridized carbons (Fsp3) is 0.389. The Hall–Kier alpha value is -2.83. The van der Waals surface area contributed by atoms with Gasteiger partial charge >= 0.3 is 6.09 Å². The van der Waals surface area contributed by atoms with Crippen molar-refractivity contribution in [2.24, 2.45) is 0 Å². The minimum Gasteiger partial charge on any atom is -0.448 e. The van der Waals surface area contributed by atoms with Crippen LogP contribution in [0.3, 0.4) is 0 Å². The molecule has 1 atom stereocenters. The highest BCUT2D eigenvalue weighted by Gasteiger charge is 2.24. The van der Waals surface area contributed by atoms with E-state index < -0.39 is 0 Å². The molecule has 0 saturated carbocycles. The maximum Gasteiger partial charge on any atom is 0.410 e. The Bertz CT molecular complexity index is 780. The Morgan fingerprint density at radius 3 is 2.84 bits per heavy atom. The molecule has 1 aliphatic heterocycles. The summed E-state index contributed by atoms with van der Waals surface area (Å²) in [6.45, 7) is 6.91. The SMILES string of the molecule is Cc1noc(C)c1[C@H](C)C(=O)Nc1cccc(CN2CCOC2=O)c1. The summed E-state index contributed by atoms with van der Waals surface area (Å²) >= 11 is 0. The van der Waals surface area contributed by atoms with Crippen LogP contribution in [0.2, 0.25) is 0 Å². The molecule has 7 nitrogen and oxygen atoms in total. The maximum atomic E-state index is 12.6. The van der Waals surface area contributed by atoms with E-state index in [1.165, 1.54) is 0 Å². The van der Waals surface area contributed by atoms with Crippen molar-refractivity contribution >= 4 is 17.7 Å². The normalized spacial score (nSPS) is 15.2. The lowest BCUT2D eigenvalue weighted by atomic mass is 9.98. The van der Waals surface area contributed by atoms with Gasteiger partial charge in [-0.25, -0.2) is 4.79 Å². The zero-order valence-corrected chi connectivity index (χ0v) is 14.5. The Labute approximate surface area is 145 Å². The van der Waals surface area contributed by atoms with Crippen LogP contribution >= 0.6 is 0 Å². The quantitative estimate of drug-likeness (QED) is 0.902. The molecule has 0 bridgehead atoms. The van der Waals surface area contributed by atoms with Crippen molar-refractivity contribution in [3.05, 3.63) is 46.8 Å². The van der Waals surface area contributed by atoms with Crippen LogP contribution in [0.4, 0.5) is 10.5 Å². The topological polar surface area (TPSA) is 84.7 Å². The molecule has 132 valence electrons. The molecule has 1 aromatic heterocycles. The molecule has 0 unspecified atom stereocenters. The number of rotatable bonds is 5. The Morgan fingerprint density at radius 1 is 1.40 bits per heavy atom. The summed E-state index contributed by atoms with van der Waals surface area (Å²) in [4.78, 5) is 25.7. The van der Waals surface area contributed by atoms with Crippen molar-refractivity contribution in [1.82, 2.24) is 10.1 Å². The number of ether oxygens (including phenoxy) is 1. The van der Waals surface area contributed by atoms with Gasteiger partial charge in [0.05, 0.1) is 18.2 Å². The summed E-state index contributed by atoms with van der Waals surface area (Å²) in [7, 11) is 0. The van der Waals surface area contributed by atoms with E-state index in [1.54, 1.807) is 11.8 Å². The summed E-state index contributed by atoms with van der Waals surface area (Å²) < 4.78 is 10.1. The van der Waals surface area contributed by atoms with Crippen molar-refractivity contribution in [3.63, 3.8) is 0 Å². The molecule has 1 N–H and O–H groups in total. The van der Waals surface area contributed by atoms with Crippen LogP contribution in [0.15, 0.2) is 28.8 Å². The molecule has 0 aliphatic carbocycles. The molecule has 0 radical (unpaired) electrons. The van der Waals surface area contributed by atoms with E-state index in [1.807, 2.05) is 38.1 Å². The van der Waals surface area contributed by atoms with Crippen LogP contribution in [-0.4, -0.2) is 35.2 Å². The molecular weight excluding hydrogens is 322 g/mol. The second-order valence-electron chi connectivity index (χ2n) is 6.19. The molecule has 1 aromatic carbocycles. The summed E-state index contributed by atoms with van der Waals surface area (Å²) in [6.07, 6.45) is -0.304. The zero-order valence-electron chi connectivity index (χ0n) is 14.5. The number of cyclic esters (lactones) is 1. The van der Waals surface area contributed by atoms with Crippen LogP contribution in [0.1, 0.15) is 35.4 Å². The summed E-state index contributed by atoms with van der Waals surface area (Å²) in [5.74, 6) is 0.150. The van der Waals surface area contributed by atoms with E-state index in [0.717, 1.165) is 16.8 Å². The number of hydrogen-bond donors (Lipinski definition) is 1. The third-order valence-electron chi connectivity index (χ3n) is 4.33. The molecular formula is C18H21N3O4. The lowest BCUT2D eigenvalue weighted by molar-refractivity contribution is -0.117. The van der Waals surface area contributed by atoms with E-state index >= 15 is 0 Å². The predicted octanol–water partition coefficient (Wildman–Crippen LogP) is 2.99. The molecule has 1 saturated heterocycles. The third kappa shape index (κ3) is 3.65. The van der Waals surface area contributed by atoms with Crippen LogP contribution in [0.5, 0.6) is 0 Å². The van der Waals surface area contributed by atoms with Gasteiger partial charge < -0.3 is 19.5 Å². The van der Waals surface area contributed by atoms with Gasteiger partial charge in [0, 0.05) is 17.8 Å². The zero-order chi connectivity index (χ0) is 18.0. The first kappa shape index (κ1) is 17.0. The van der Waals surface area contributed by atoms with Gasteiger partial charge in [0.25, 0.3) is 0 Å². The molecule has 25 heavy (non-hydrogen) atoms. The van der Waals surface area contributed by atoms with Gasteiger partial charge in [-0.3, -0.25) is 4.79 Å². The number of anilines is 1. The highest BCUT2D eigenvalue weighted by molar-refractivity contribution is 5.95. The molecule has 1 aliphatic rings. The van der Waals surface area contributed by atoms with Crippen molar-refractivity contribution in [2.45, 2.75) is 33.2 Å². The van der Waals surface area contributed by atoms with Crippen LogP contribution in [0, 0.1) is 13.8 Å². The number of nitrogens with zero attached hydrogens (tertiary/aromatic N) is 2. The first-order chi connectivity index (χ1) is 12.0. The van der Waals surface area contributed by atoms with Crippen molar-refractivity contribution < 1.29 is 18.8 Å². The second kappa shape index (κ2) is 6.96. The second-order valence-corrected chi connectivity index (χ2v) is 6.19. The van der Waals surface area contributed by atoms with Crippen molar-refractivity contribution in [3.8, 4) is 0 Å². The number of aromatic nitrogens is 1. The van der Waals surface area contributed by atoms with E-state index in [4.69, 9.17) is 9.26 Å². The summed E-state index contributed by atoms with van der Waals surface area (Å²) in [5, 5.41) is 6.82. The monoisotopic (exact) mass is 343 g/mol. The highest BCUT2D eigenvalue weighted by atomic mass is 16.6. The molecule has 2 aromatic rings. The van der Waals surface area contributed by atoms with Crippen LogP contribution in [0.25, 0.3) is 0 Å². The van der Waals surface area contributed by atoms with Gasteiger partial charge in [0.2, 0.25) is 5.91 Å². The summed E-state index contributed by atoms with van der Waals surface area (Å²) in [5.41, 5.74) is 3.16. The predicted molar refractivity (Wildman–Crippen MR) is 91.2 cm³/mol. The fourth-order valence-electron chi connectivity index (χ4n) is 3.03. The number of carbonyl (C=O) groups excluding carboxylic acids is 2. The maximum absolute atomic E-state index is 12.6. The molecule has 2 heterocycles. The molecule has 0 spiro atoms. The lowest BCUT2D eigenvalue weighted by Crippen LogP contribution is -2.23. The Kier molecular flexibility index (Phi) is 4.74. The number of benzene rings is 1. The van der Waals surface area contributed by atoms with Gasteiger partial charge in [0.1, 0.15) is 12.4 Å². The van der Waals surface area contributed by atoms with Gasteiger partial charge in [-0.15, -0.1) is 0 Å². The number of nitrogens with one attached hydrogen (secondary N) is 1. The molecule has 3 rings (SSSR count). The fourth-order valence-corrected chi connectivity index (χ4v) is 3.03. The first-order valence-corrected chi connectivity index (χ1v) is 8.20. The van der Waals surface area contributed by atoms with E-state index in [2.05, 4.69) is 10.5 Å². The van der Waals surface area contributed by atoms with Crippen molar-refractivity contribution in [1.29, 1.82) is 0 Å². The smallest absolute Gasteiger partial charge is 0.410 e. The first-order valence-electron chi connectivity index (χ1n) is 8.20. The number of aryl methyl sites for hydroxylation is 2. The van der Waals surface area contributed by atoms with E-state index in [-0.39, 0.29) is 17.9 Å². The average molecular weight is 343 g/mol. The Morgan fingerprint density at radius 2 is 2.20 bits per heavy atom. The molecule has 7 heteroatoms.